The van der Waals surface area contributed by atoms with Gasteiger partial charge in [0, 0.05) is 0 Å². The van der Waals surface area contributed by atoms with Crippen LogP contribution >= 0.6 is 0 Å². The van der Waals surface area contributed by atoms with Gasteiger partial charge in [-0.25, -0.2) is 0 Å². The Morgan fingerprint density at radius 1 is 0.765 bits per heavy atom. The maximum Gasteiger partial charge on any atom is 0.155 e. The standard InChI is InChI=1S/C15H30O2/c1-13(2)16-14(3)17-15-11-9-7-5-4-6-8-10-12-15/h13-15H,4-12H2,1-3H3. The van der Waals surface area contributed by atoms with E-state index in [0.29, 0.717) is 6.10 Å². The molecule has 0 aromatic rings. The second-order valence-electron chi connectivity index (χ2n) is 5.56. The first kappa shape index (κ1) is 15.0. The Labute approximate surface area is 107 Å². The van der Waals surface area contributed by atoms with E-state index in [4.69, 9.17) is 9.47 Å². The van der Waals surface area contributed by atoms with Gasteiger partial charge >= 0.3 is 0 Å². The van der Waals surface area contributed by atoms with Crippen molar-refractivity contribution in [3.8, 4) is 0 Å². The molecular weight excluding hydrogens is 212 g/mol. The summed E-state index contributed by atoms with van der Waals surface area (Å²) in [5, 5.41) is 0. The van der Waals surface area contributed by atoms with Gasteiger partial charge in [-0.3, -0.25) is 0 Å². The molecule has 0 saturated heterocycles. The van der Waals surface area contributed by atoms with E-state index in [1.165, 1.54) is 57.8 Å². The molecule has 102 valence electrons. The van der Waals surface area contributed by atoms with Crippen LogP contribution in [0.3, 0.4) is 0 Å². The van der Waals surface area contributed by atoms with Crippen LogP contribution in [0, 0.1) is 0 Å². The van der Waals surface area contributed by atoms with E-state index >= 15 is 0 Å². The highest BCUT2D eigenvalue weighted by Crippen LogP contribution is 2.20. The van der Waals surface area contributed by atoms with Gasteiger partial charge in [0.05, 0.1) is 12.2 Å². The summed E-state index contributed by atoms with van der Waals surface area (Å²) >= 11 is 0. The lowest BCUT2D eigenvalue weighted by atomic mass is 9.99. The molecule has 0 aliphatic heterocycles. The van der Waals surface area contributed by atoms with Crippen molar-refractivity contribution in [2.24, 2.45) is 0 Å². The molecule has 2 nitrogen and oxygen atoms in total. The highest BCUT2D eigenvalue weighted by atomic mass is 16.7. The van der Waals surface area contributed by atoms with Gasteiger partial charge in [-0.2, -0.15) is 0 Å². The van der Waals surface area contributed by atoms with Gasteiger partial charge in [-0.05, 0) is 33.6 Å². The van der Waals surface area contributed by atoms with E-state index in [9.17, 15) is 0 Å². The SMILES string of the molecule is CC(C)OC(C)OC1CCCCCCCCC1. The third-order valence-electron chi connectivity index (χ3n) is 3.40. The molecule has 0 heterocycles. The van der Waals surface area contributed by atoms with Crippen molar-refractivity contribution in [3.63, 3.8) is 0 Å². The van der Waals surface area contributed by atoms with Crippen LogP contribution < -0.4 is 0 Å². The van der Waals surface area contributed by atoms with Gasteiger partial charge in [-0.15, -0.1) is 0 Å². The molecule has 0 aromatic heterocycles. The van der Waals surface area contributed by atoms with Crippen LogP contribution in [0.2, 0.25) is 0 Å². The van der Waals surface area contributed by atoms with E-state index in [2.05, 4.69) is 13.8 Å². The van der Waals surface area contributed by atoms with Crippen molar-refractivity contribution >= 4 is 0 Å². The maximum absolute atomic E-state index is 6.01. The number of hydrogen-bond acceptors (Lipinski definition) is 2. The van der Waals surface area contributed by atoms with E-state index in [1.54, 1.807) is 0 Å². The zero-order valence-corrected chi connectivity index (χ0v) is 11.9. The molecule has 1 aliphatic carbocycles. The van der Waals surface area contributed by atoms with Gasteiger partial charge in [0.1, 0.15) is 0 Å². The van der Waals surface area contributed by atoms with Gasteiger partial charge < -0.3 is 9.47 Å². The van der Waals surface area contributed by atoms with Gasteiger partial charge in [0.25, 0.3) is 0 Å². The Morgan fingerprint density at radius 3 is 1.71 bits per heavy atom. The quantitative estimate of drug-likeness (QED) is 0.667. The lowest BCUT2D eigenvalue weighted by molar-refractivity contribution is -0.180. The molecule has 0 aromatic carbocycles. The molecule has 0 spiro atoms. The Bertz CT molecular complexity index is 170. The van der Waals surface area contributed by atoms with Crippen molar-refractivity contribution < 1.29 is 9.47 Å². The summed E-state index contributed by atoms with van der Waals surface area (Å²) in [6.07, 6.45) is 12.7. The zero-order chi connectivity index (χ0) is 12.5. The van der Waals surface area contributed by atoms with Crippen molar-refractivity contribution in [2.45, 2.75) is 97.1 Å². The molecular formula is C15H30O2. The minimum Gasteiger partial charge on any atom is -0.350 e. The van der Waals surface area contributed by atoms with E-state index < -0.39 is 0 Å². The minimum absolute atomic E-state index is 0.0528. The fraction of sp³-hybridized carbons (Fsp3) is 1.00. The van der Waals surface area contributed by atoms with Crippen LogP contribution in [0.25, 0.3) is 0 Å². The van der Waals surface area contributed by atoms with Crippen LogP contribution in [0.4, 0.5) is 0 Å². The Morgan fingerprint density at radius 2 is 1.24 bits per heavy atom. The molecule has 2 heteroatoms. The molecule has 1 rings (SSSR count). The molecule has 0 amide bonds. The van der Waals surface area contributed by atoms with Gasteiger partial charge in [-0.1, -0.05) is 44.9 Å². The molecule has 0 N–H and O–H groups in total. The topological polar surface area (TPSA) is 18.5 Å². The van der Waals surface area contributed by atoms with E-state index in [-0.39, 0.29) is 12.4 Å². The number of hydrogen-bond donors (Lipinski definition) is 0. The third-order valence-corrected chi connectivity index (χ3v) is 3.40. The summed E-state index contributed by atoms with van der Waals surface area (Å²) in [5.41, 5.74) is 0. The van der Waals surface area contributed by atoms with Crippen LogP contribution in [-0.2, 0) is 9.47 Å². The first-order valence-corrected chi connectivity index (χ1v) is 7.49. The molecule has 17 heavy (non-hydrogen) atoms. The summed E-state index contributed by atoms with van der Waals surface area (Å²) < 4.78 is 11.7. The monoisotopic (exact) mass is 242 g/mol. The van der Waals surface area contributed by atoms with Crippen LogP contribution in [0.1, 0.15) is 78.6 Å². The normalized spacial score (nSPS) is 22.6. The molecule has 1 unspecified atom stereocenters. The van der Waals surface area contributed by atoms with Gasteiger partial charge in [0.2, 0.25) is 0 Å². The van der Waals surface area contributed by atoms with Crippen LogP contribution in [0.15, 0.2) is 0 Å². The number of ether oxygens (including phenoxy) is 2. The average Bonchev–Trinajstić information content (AvgIpc) is 2.26. The molecule has 0 bridgehead atoms. The Balaban J connectivity index is 2.26. The predicted molar refractivity (Wildman–Crippen MR) is 72.1 cm³/mol. The summed E-state index contributed by atoms with van der Waals surface area (Å²) in [4.78, 5) is 0. The lowest BCUT2D eigenvalue weighted by Crippen LogP contribution is -2.25. The van der Waals surface area contributed by atoms with Crippen molar-refractivity contribution in [3.05, 3.63) is 0 Å². The Hall–Kier alpha value is -0.0800. The highest BCUT2D eigenvalue weighted by Gasteiger charge is 2.15. The Kier molecular flexibility index (Phi) is 7.87. The summed E-state index contributed by atoms with van der Waals surface area (Å²) in [7, 11) is 0. The first-order valence-electron chi connectivity index (χ1n) is 7.49. The fourth-order valence-electron chi connectivity index (χ4n) is 2.59. The van der Waals surface area contributed by atoms with Crippen molar-refractivity contribution in [1.29, 1.82) is 0 Å². The van der Waals surface area contributed by atoms with Crippen LogP contribution in [-0.4, -0.2) is 18.5 Å². The second kappa shape index (κ2) is 8.93. The largest absolute Gasteiger partial charge is 0.350 e. The van der Waals surface area contributed by atoms with Crippen molar-refractivity contribution in [2.75, 3.05) is 0 Å². The first-order chi connectivity index (χ1) is 8.18. The maximum atomic E-state index is 6.01. The van der Waals surface area contributed by atoms with Gasteiger partial charge in [0.15, 0.2) is 6.29 Å². The number of rotatable bonds is 4. The second-order valence-corrected chi connectivity index (χ2v) is 5.56. The fourth-order valence-corrected chi connectivity index (χ4v) is 2.59. The third kappa shape index (κ3) is 7.77. The summed E-state index contributed by atoms with van der Waals surface area (Å²) in [6.45, 7) is 6.15. The average molecular weight is 242 g/mol. The smallest absolute Gasteiger partial charge is 0.155 e. The van der Waals surface area contributed by atoms with Crippen molar-refractivity contribution in [1.82, 2.24) is 0 Å². The molecule has 1 saturated carbocycles. The van der Waals surface area contributed by atoms with E-state index in [0.717, 1.165) is 0 Å². The predicted octanol–water partition coefficient (Wildman–Crippen LogP) is 4.67. The molecule has 1 aliphatic rings. The minimum atomic E-state index is -0.0528. The summed E-state index contributed by atoms with van der Waals surface area (Å²) in [6, 6.07) is 0. The molecule has 1 atom stereocenters. The van der Waals surface area contributed by atoms with Crippen LogP contribution in [0.5, 0.6) is 0 Å². The highest BCUT2D eigenvalue weighted by molar-refractivity contribution is 4.62. The molecule has 1 fully saturated rings. The molecule has 0 radical (unpaired) electrons. The zero-order valence-electron chi connectivity index (χ0n) is 11.9. The lowest BCUT2D eigenvalue weighted by Gasteiger charge is -2.24. The van der Waals surface area contributed by atoms with E-state index in [1.807, 2.05) is 6.92 Å². The summed E-state index contributed by atoms with van der Waals surface area (Å²) in [5.74, 6) is 0.